The van der Waals surface area contributed by atoms with E-state index in [1.165, 1.54) is 18.3 Å². The summed E-state index contributed by atoms with van der Waals surface area (Å²) in [7, 11) is 0. The van der Waals surface area contributed by atoms with Gasteiger partial charge in [0.1, 0.15) is 0 Å². The molecule has 7 heteroatoms. The highest BCUT2D eigenvalue weighted by Gasteiger charge is 2.12. The molecule has 0 unspecified atom stereocenters. The van der Waals surface area contributed by atoms with Gasteiger partial charge in [0.15, 0.2) is 5.82 Å². The molecule has 0 fully saturated rings. The summed E-state index contributed by atoms with van der Waals surface area (Å²) >= 11 is 0. The monoisotopic (exact) mass is 233 g/mol. The Balaban J connectivity index is 2.56. The fourth-order valence-corrected chi connectivity index (χ4v) is 1.61. The van der Waals surface area contributed by atoms with E-state index in [4.69, 9.17) is 11.5 Å². The van der Waals surface area contributed by atoms with Gasteiger partial charge < -0.3 is 11.5 Å². The van der Waals surface area contributed by atoms with Gasteiger partial charge >= 0.3 is 0 Å². The standard InChI is InChI=1S/C10H11N5O2/c11-4-1-5-14-9-3-2-7(15(16)17)6-8(9)10(12)13-14/h1-4,6H,5,11H2,(H2,12,13). The molecule has 0 aliphatic rings. The molecule has 0 aliphatic carbocycles. The maximum atomic E-state index is 10.6. The Morgan fingerprint density at radius 1 is 1.53 bits per heavy atom. The second-order valence-electron chi connectivity index (χ2n) is 3.45. The van der Waals surface area contributed by atoms with Crippen molar-refractivity contribution < 1.29 is 4.92 Å². The summed E-state index contributed by atoms with van der Waals surface area (Å²) in [6.07, 6.45) is 3.13. The van der Waals surface area contributed by atoms with Crippen LogP contribution in [0.15, 0.2) is 30.5 Å². The van der Waals surface area contributed by atoms with Gasteiger partial charge in [0, 0.05) is 12.1 Å². The molecule has 0 radical (unpaired) electrons. The van der Waals surface area contributed by atoms with E-state index in [0.29, 0.717) is 11.9 Å². The lowest BCUT2D eigenvalue weighted by Crippen LogP contribution is -1.99. The van der Waals surface area contributed by atoms with E-state index < -0.39 is 4.92 Å². The minimum Gasteiger partial charge on any atom is -0.405 e. The Hall–Kier alpha value is -2.57. The Morgan fingerprint density at radius 3 is 2.94 bits per heavy atom. The van der Waals surface area contributed by atoms with Crippen LogP contribution in [0.3, 0.4) is 0 Å². The molecule has 2 aromatic rings. The fraction of sp³-hybridized carbons (Fsp3) is 0.100. The lowest BCUT2D eigenvalue weighted by atomic mass is 10.2. The zero-order valence-electron chi connectivity index (χ0n) is 8.91. The number of benzene rings is 1. The lowest BCUT2D eigenvalue weighted by Gasteiger charge is -1.97. The van der Waals surface area contributed by atoms with Gasteiger partial charge in [-0.05, 0) is 18.3 Å². The summed E-state index contributed by atoms with van der Waals surface area (Å²) in [6, 6.07) is 4.47. The Bertz CT molecular complexity index is 602. The number of fused-ring (bicyclic) bond motifs is 1. The fourth-order valence-electron chi connectivity index (χ4n) is 1.61. The Kier molecular flexibility index (Phi) is 2.65. The molecule has 88 valence electrons. The first-order valence-corrected chi connectivity index (χ1v) is 4.90. The van der Waals surface area contributed by atoms with Crippen LogP contribution in [-0.2, 0) is 6.54 Å². The number of hydrogen-bond acceptors (Lipinski definition) is 5. The summed E-state index contributed by atoms with van der Waals surface area (Å²) in [6.45, 7) is 0.474. The second kappa shape index (κ2) is 4.12. The predicted molar refractivity (Wildman–Crippen MR) is 64.1 cm³/mol. The summed E-state index contributed by atoms with van der Waals surface area (Å²) in [5.74, 6) is 0.272. The molecular weight excluding hydrogens is 222 g/mol. The normalized spacial score (nSPS) is 11.3. The summed E-state index contributed by atoms with van der Waals surface area (Å²) < 4.78 is 1.64. The molecule has 0 spiro atoms. The van der Waals surface area contributed by atoms with Gasteiger partial charge in [-0.15, -0.1) is 0 Å². The van der Waals surface area contributed by atoms with Crippen LogP contribution in [0.1, 0.15) is 0 Å². The second-order valence-corrected chi connectivity index (χ2v) is 3.45. The third-order valence-electron chi connectivity index (χ3n) is 2.39. The van der Waals surface area contributed by atoms with Crippen molar-refractivity contribution in [2.75, 3.05) is 5.73 Å². The minimum atomic E-state index is -0.462. The molecule has 0 atom stereocenters. The highest BCUT2D eigenvalue weighted by Crippen LogP contribution is 2.25. The van der Waals surface area contributed by atoms with E-state index in [-0.39, 0.29) is 11.5 Å². The lowest BCUT2D eigenvalue weighted by molar-refractivity contribution is -0.384. The first kappa shape index (κ1) is 10.9. The smallest absolute Gasteiger partial charge is 0.270 e. The van der Waals surface area contributed by atoms with Crippen molar-refractivity contribution in [3.05, 3.63) is 40.6 Å². The number of nitrogens with two attached hydrogens (primary N) is 2. The van der Waals surface area contributed by atoms with E-state index in [9.17, 15) is 10.1 Å². The molecule has 1 heterocycles. The molecule has 2 rings (SSSR count). The molecule has 7 nitrogen and oxygen atoms in total. The number of nitrogen functional groups attached to an aromatic ring is 1. The average Bonchev–Trinajstić information content (AvgIpc) is 2.63. The van der Waals surface area contributed by atoms with Crippen molar-refractivity contribution >= 4 is 22.4 Å². The van der Waals surface area contributed by atoms with Crippen LogP contribution in [-0.4, -0.2) is 14.7 Å². The number of rotatable bonds is 3. The van der Waals surface area contributed by atoms with Crippen molar-refractivity contribution in [3.63, 3.8) is 0 Å². The number of nitrogens with zero attached hydrogens (tertiary/aromatic N) is 3. The molecule has 0 amide bonds. The van der Waals surface area contributed by atoms with Crippen molar-refractivity contribution in [2.45, 2.75) is 6.54 Å². The van der Waals surface area contributed by atoms with Gasteiger partial charge in [-0.3, -0.25) is 14.8 Å². The largest absolute Gasteiger partial charge is 0.405 e. The molecule has 1 aromatic carbocycles. The van der Waals surface area contributed by atoms with Gasteiger partial charge in [-0.25, -0.2) is 0 Å². The summed E-state index contributed by atoms with van der Waals surface area (Å²) in [4.78, 5) is 10.2. The van der Waals surface area contributed by atoms with Gasteiger partial charge in [0.05, 0.1) is 22.4 Å². The number of anilines is 1. The molecule has 0 saturated carbocycles. The van der Waals surface area contributed by atoms with Crippen LogP contribution in [0.4, 0.5) is 11.5 Å². The molecule has 0 saturated heterocycles. The maximum Gasteiger partial charge on any atom is 0.270 e. The van der Waals surface area contributed by atoms with E-state index in [0.717, 1.165) is 5.52 Å². The Labute approximate surface area is 96.5 Å². The van der Waals surface area contributed by atoms with E-state index in [2.05, 4.69) is 5.10 Å². The number of allylic oxidation sites excluding steroid dienone is 1. The predicted octanol–water partition coefficient (Wildman–Crippen LogP) is 0.999. The molecule has 1 aromatic heterocycles. The van der Waals surface area contributed by atoms with Crippen molar-refractivity contribution in [1.82, 2.24) is 9.78 Å². The molecule has 0 bridgehead atoms. The molecular formula is C10H11N5O2. The van der Waals surface area contributed by atoms with Crippen LogP contribution >= 0.6 is 0 Å². The number of non-ortho nitro benzene ring substituents is 1. The Morgan fingerprint density at radius 2 is 2.29 bits per heavy atom. The van der Waals surface area contributed by atoms with Crippen LogP contribution in [0.25, 0.3) is 10.9 Å². The average molecular weight is 233 g/mol. The molecule has 17 heavy (non-hydrogen) atoms. The quantitative estimate of drug-likeness (QED) is 0.606. The van der Waals surface area contributed by atoms with Crippen molar-refractivity contribution in [1.29, 1.82) is 0 Å². The van der Waals surface area contributed by atoms with Crippen LogP contribution in [0, 0.1) is 10.1 Å². The van der Waals surface area contributed by atoms with Crippen molar-refractivity contribution in [2.24, 2.45) is 5.73 Å². The van der Waals surface area contributed by atoms with Crippen LogP contribution in [0.2, 0.25) is 0 Å². The number of nitro benzene ring substituents is 1. The minimum absolute atomic E-state index is 0.00174. The van der Waals surface area contributed by atoms with E-state index in [1.54, 1.807) is 16.8 Å². The molecule has 4 N–H and O–H groups in total. The molecule has 0 aliphatic heterocycles. The third kappa shape index (κ3) is 1.89. The highest BCUT2D eigenvalue weighted by molar-refractivity contribution is 5.90. The summed E-state index contributed by atoms with van der Waals surface area (Å²) in [5, 5.41) is 15.3. The van der Waals surface area contributed by atoms with Crippen LogP contribution < -0.4 is 11.5 Å². The van der Waals surface area contributed by atoms with E-state index >= 15 is 0 Å². The number of nitro groups is 1. The first-order chi connectivity index (χ1) is 8.13. The SMILES string of the molecule is NC=CCn1nc(N)c2cc([N+](=O)[O-])ccc21. The van der Waals surface area contributed by atoms with Crippen molar-refractivity contribution in [3.8, 4) is 0 Å². The third-order valence-corrected chi connectivity index (χ3v) is 2.39. The zero-order chi connectivity index (χ0) is 12.4. The first-order valence-electron chi connectivity index (χ1n) is 4.90. The van der Waals surface area contributed by atoms with E-state index in [1.807, 2.05) is 0 Å². The van der Waals surface area contributed by atoms with Gasteiger partial charge in [0.25, 0.3) is 5.69 Å². The van der Waals surface area contributed by atoms with Gasteiger partial charge in [-0.2, -0.15) is 5.10 Å². The van der Waals surface area contributed by atoms with Gasteiger partial charge in [-0.1, -0.05) is 0 Å². The number of aromatic nitrogens is 2. The highest BCUT2D eigenvalue weighted by atomic mass is 16.6. The topological polar surface area (TPSA) is 113 Å². The maximum absolute atomic E-state index is 10.6. The zero-order valence-corrected chi connectivity index (χ0v) is 8.91. The van der Waals surface area contributed by atoms with Crippen LogP contribution in [0.5, 0.6) is 0 Å². The summed E-state index contributed by atoms with van der Waals surface area (Å²) in [5.41, 5.74) is 11.7. The number of hydrogen-bond donors (Lipinski definition) is 2. The van der Waals surface area contributed by atoms with Gasteiger partial charge in [0.2, 0.25) is 0 Å².